The summed E-state index contributed by atoms with van der Waals surface area (Å²) in [6, 6.07) is 5.66. The van der Waals surface area contributed by atoms with Gasteiger partial charge in [0.1, 0.15) is 5.75 Å². The molecule has 0 spiro atoms. The van der Waals surface area contributed by atoms with Crippen LogP contribution >= 0.6 is 0 Å². The van der Waals surface area contributed by atoms with E-state index in [9.17, 15) is 4.79 Å². The third-order valence-electron chi connectivity index (χ3n) is 2.60. The van der Waals surface area contributed by atoms with E-state index >= 15 is 0 Å². The smallest absolute Gasteiger partial charge is 0.219 e. The van der Waals surface area contributed by atoms with Crippen LogP contribution in [0.15, 0.2) is 18.2 Å². The minimum atomic E-state index is 0.0219. The first kappa shape index (κ1) is 14.2. The van der Waals surface area contributed by atoms with Gasteiger partial charge in [-0.05, 0) is 18.6 Å². The van der Waals surface area contributed by atoms with Crippen LogP contribution in [0.3, 0.4) is 0 Å². The lowest BCUT2D eigenvalue weighted by Gasteiger charge is -2.15. The number of amides is 1. The highest BCUT2D eigenvalue weighted by atomic mass is 16.5. The van der Waals surface area contributed by atoms with Crippen LogP contribution in [0.4, 0.5) is 11.4 Å². The largest absolute Gasteiger partial charge is 0.491 e. The van der Waals surface area contributed by atoms with E-state index in [-0.39, 0.29) is 5.91 Å². The maximum Gasteiger partial charge on any atom is 0.219 e. The summed E-state index contributed by atoms with van der Waals surface area (Å²) in [5.74, 6) is 0.687. The predicted molar refractivity (Wildman–Crippen MR) is 74.0 cm³/mol. The summed E-state index contributed by atoms with van der Waals surface area (Å²) >= 11 is 0. The molecule has 3 N–H and O–H groups in total. The third-order valence-corrected chi connectivity index (χ3v) is 2.60. The van der Waals surface area contributed by atoms with Crippen molar-refractivity contribution in [3.63, 3.8) is 0 Å². The van der Waals surface area contributed by atoms with Gasteiger partial charge < -0.3 is 20.7 Å². The highest BCUT2D eigenvalue weighted by Crippen LogP contribution is 2.26. The van der Waals surface area contributed by atoms with Gasteiger partial charge in [-0.3, -0.25) is 4.79 Å². The van der Waals surface area contributed by atoms with Gasteiger partial charge in [0.15, 0.2) is 0 Å². The average Bonchev–Trinajstić information content (AvgIpc) is 2.35. The molecule has 0 saturated heterocycles. The van der Waals surface area contributed by atoms with Gasteiger partial charge in [0.2, 0.25) is 5.91 Å². The van der Waals surface area contributed by atoms with Crippen molar-refractivity contribution in [3.8, 4) is 5.75 Å². The number of hydrogen-bond acceptors (Lipinski definition) is 4. The second-order valence-electron chi connectivity index (χ2n) is 4.24. The SMILES string of the molecule is CNC(=O)CCCOc1cc(N(C)C)ccc1N. The van der Waals surface area contributed by atoms with Crippen molar-refractivity contribution in [3.05, 3.63) is 18.2 Å². The molecule has 0 aliphatic heterocycles. The van der Waals surface area contributed by atoms with Gasteiger partial charge in [0.05, 0.1) is 12.3 Å². The molecule has 0 heterocycles. The van der Waals surface area contributed by atoms with Gasteiger partial charge in [-0.2, -0.15) is 0 Å². The third kappa shape index (κ3) is 4.16. The standard InChI is InChI=1S/C13H21N3O2/c1-15-13(17)5-4-8-18-12-9-10(16(2)3)6-7-11(12)14/h6-7,9H,4-5,8,14H2,1-3H3,(H,15,17). The molecule has 0 aliphatic carbocycles. The van der Waals surface area contributed by atoms with Crippen LogP contribution in [-0.4, -0.2) is 33.7 Å². The number of hydrogen-bond donors (Lipinski definition) is 2. The minimum Gasteiger partial charge on any atom is -0.491 e. The summed E-state index contributed by atoms with van der Waals surface area (Å²) in [5.41, 5.74) is 7.48. The molecular formula is C13H21N3O2. The first-order chi connectivity index (χ1) is 8.54. The van der Waals surface area contributed by atoms with E-state index in [1.165, 1.54) is 0 Å². The molecule has 0 saturated carbocycles. The van der Waals surface area contributed by atoms with Gasteiger partial charge >= 0.3 is 0 Å². The summed E-state index contributed by atoms with van der Waals surface area (Å²) < 4.78 is 5.59. The second-order valence-corrected chi connectivity index (χ2v) is 4.24. The number of nitrogens with zero attached hydrogens (tertiary/aromatic N) is 1. The fourth-order valence-corrected chi connectivity index (χ4v) is 1.47. The van der Waals surface area contributed by atoms with Gasteiger partial charge in [0.25, 0.3) is 0 Å². The lowest BCUT2D eigenvalue weighted by Crippen LogP contribution is -2.18. The quantitative estimate of drug-likeness (QED) is 0.589. The molecule has 1 rings (SSSR count). The highest BCUT2D eigenvalue weighted by Gasteiger charge is 2.04. The molecule has 100 valence electrons. The van der Waals surface area contributed by atoms with E-state index < -0.39 is 0 Å². The van der Waals surface area contributed by atoms with Crippen molar-refractivity contribution in [1.29, 1.82) is 0 Å². The van der Waals surface area contributed by atoms with Crippen molar-refractivity contribution < 1.29 is 9.53 Å². The lowest BCUT2D eigenvalue weighted by molar-refractivity contribution is -0.120. The Bertz CT molecular complexity index is 405. The fourth-order valence-electron chi connectivity index (χ4n) is 1.47. The molecule has 0 aromatic heterocycles. The van der Waals surface area contributed by atoms with E-state index in [0.29, 0.717) is 30.9 Å². The number of nitrogens with two attached hydrogens (primary N) is 1. The zero-order valence-corrected chi connectivity index (χ0v) is 11.2. The van der Waals surface area contributed by atoms with Crippen molar-refractivity contribution in [2.24, 2.45) is 0 Å². The molecular weight excluding hydrogens is 230 g/mol. The summed E-state index contributed by atoms with van der Waals surface area (Å²) in [4.78, 5) is 13.0. The molecule has 0 atom stereocenters. The Morgan fingerprint density at radius 2 is 2.17 bits per heavy atom. The summed E-state index contributed by atoms with van der Waals surface area (Å²) in [6.45, 7) is 0.481. The zero-order valence-electron chi connectivity index (χ0n) is 11.2. The number of anilines is 2. The number of nitrogen functional groups attached to an aromatic ring is 1. The predicted octanol–water partition coefficient (Wildman–Crippen LogP) is 1.24. The van der Waals surface area contributed by atoms with Crippen molar-refractivity contribution >= 4 is 17.3 Å². The molecule has 0 radical (unpaired) electrons. The zero-order chi connectivity index (χ0) is 13.5. The second kappa shape index (κ2) is 6.74. The molecule has 1 aromatic carbocycles. The normalized spacial score (nSPS) is 9.94. The van der Waals surface area contributed by atoms with Crippen LogP contribution in [-0.2, 0) is 4.79 Å². The summed E-state index contributed by atoms with van der Waals surface area (Å²) in [6.07, 6.45) is 1.13. The molecule has 0 bridgehead atoms. The summed E-state index contributed by atoms with van der Waals surface area (Å²) in [5, 5.41) is 2.57. The lowest BCUT2D eigenvalue weighted by atomic mass is 10.2. The highest BCUT2D eigenvalue weighted by molar-refractivity contribution is 5.75. The van der Waals surface area contributed by atoms with E-state index in [1.807, 2.05) is 37.2 Å². The van der Waals surface area contributed by atoms with Gasteiger partial charge in [-0.25, -0.2) is 0 Å². The Labute approximate surface area is 108 Å². The number of benzene rings is 1. The van der Waals surface area contributed by atoms with Crippen LogP contribution in [0.1, 0.15) is 12.8 Å². The van der Waals surface area contributed by atoms with Crippen LogP contribution in [0, 0.1) is 0 Å². The fraction of sp³-hybridized carbons (Fsp3) is 0.462. The van der Waals surface area contributed by atoms with Crippen molar-refractivity contribution in [2.45, 2.75) is 12.8 Å². The molecule has 18 heavy (non-hydrogen) atoms. The maximum absolute atomic E-state index is 11.0. The molecule has 1 aromatic rings. The van der Waals surface area contributed by atoms with Crippen LogP contribution in [0.5, 0.6) is 5.75 Å². The minimum absolute atomic E-state index is 0.0219. The summed E-state index contributed by atoms with van der Waals surface area (Å²) in [7, 11) is 5.55. The molecule has 0 fully saturated rings. The molecule has 0 aliphatic rings. The number of rotatable bonds is 6. The molecule has 0 unspecified atom stereocenters. The van der Waals surface area contributed by atoms with E-state index in [1.54, 1.807) is 7.05 Å². The van der Waals surface area contributed by atoms with Gasteiger partial charge in [-0.15, -0.1) is 0 Å². The number of ether oxygens (including phenoxy) is 1. The molecule has 1 amide bonds. The number of carbonyl (C=O) groups is 1. The van der Waals surface area contributed by atoms with Crippen molar-refractivity contribution in [1.82, 2.24) is 5.32 Å². The van der Waals surface area contributed by atoms with E-state index in [4.69, 9.17) is 10.5 Å². The average molecular weight is 251 g/mol. The van der Waals surface area contributed by atoms with Crippen molar-refractivity contribution in [2.75, 3.05) is 38.4 Å². The Balaban J connectivity index is 2.51. The number of carbonyl (C=O) groups excluding carboxylic acids is 1. The van der Waals surface area contributed by atoms with Crippen LogP contribution < -0.4 is 20.7 Å². The Morgan fingerprint density at radius 1 is 1.44 bits per heavy atom. The molecule has 5 heteroatoms. The molecule has 5 nitrogen and oxygen atoms in total. The Hall–Kier alpha value is -1.91. The topological polar surface area (TPSA) is 67.6 Å². The first-order valence-corrected chi connectivity index (χ1v) is 5.95. The van der Waals surface area contributed by atoms with E-state index in [0.717, 1.165) is 5.69 Å². The Morgan fingerprint density at radius 3 is 2.78 bits per heavy atom. The maximum atomic E-state index is 11.0. The monoisotopic (exact) mass is 251 g/mol. The van der Waals surface area contributed by atoms with Crippen LogP contribution in [0.2, 0.25) is 0 Å². The van der Waals surface area contributed by atoms with Gasteiger partial charge in [0, 0.05) is 39.3 Å². The van der Waals surface area contributed by atoms with Crippen LogP contribution in [0.25, 0.3) is 0 Å². The number of nitrogens with one attached hydrogen (secondary N) is 1. The first-order valence-electron chi connectivity index (χ1n) is 5.95. The van der Waals surface area contributed by atoms with E-state index in [2.05, 4.69) is 5.32 Å². The van der Waals surface area contributed by atoms with Gasteiger partial charge in [-0.1, -0.05) is 0 Å². The Kier molecular flexibility index (Phi) is 5.30.